The van der Waals surface area contributed by atoms with Gasteiger partial charge in [0.25, 0.3) is 11.6 Å². The number of nitrogens with zero attached hydrogens (tertiary/aromatic N) is 1. The first-order valence-electron chi connectivity index (χ1n) is 6.04. The number of hydrazine groups is 1. The fourth-order valence-electron chi connectivity index (χ4n) is 1.51. The zero-order valence-corrected chi connectivity index (χ0v) is 12.1. The predicted octanol–water partition coefficient (Wildman–Crippen LogP) is 0.0449. The number of benzene rings is 1. The van der Waals surface area contributed by atoms with Crippen molar-refractivity contribution in [2.24, 2.45) is 5.84 Å². The molecule has 0 unspecified atom stereocenters. The van der Waals surface area contributed by atoms with Gasteiger partial charge < -0.3 is 10.7 Å². The second-order valence-corrected chi connectivity index (χ2v) is 6.60. The van der Waals surface area contributed by atoms with Crippen molar-refractivity contribution in [1.82, 2.24) is 5.32 Å². The minimum atomic E-state index is -3.18. The summed E-state index contributed by atoms with van der Waals surface area (Å²) >= 11 is 0. The Morgan fingerprint density at radius 3 is 2.62 bits per heavy atom. The van der Waals surface area contributed by atoms with Crippen molar-refractivity contribution in [3.8, 4) is 0 Å². The highest BCUT2D eigenvalue weighted by molar-refractivity contribution is 7.91. The van der Waals surface area contributed by atoms with E-state index in [-0.39, 0.29) is 35.0 Å². The monoisotopic (exact) mass is 316 g/mol. The molecule has 0 radical (unpaired) electrons. The zero-order valence-electron chi connectivity index (χ0n) is 11.3. The van der Waals surface area contributed by atoms with Crippen LogP contribution in [-0.2, 0) is 9.84 Å². The van der Waals surface area contributed by atoms with E-state index in [1.807, 2.05) is 0 Å². The first kappa shape index (κ1) is 16.9. The van der Waals surface area contributed by atoms with Crippen molar-refractivity contribution in [2.75, 3.05) is 23.5 Å². The van der Waals surface area contributed by atoms with Gasteiger partial charge in [0, 0.05) is 23.9 Å². The highest BCUT2D eigenvalue weighted by Gasteiger charge is 2.17. The minimum absolute atomic E-state index is 0.00872. The van der Waals surface area contributed by atoms with Crippen LogP contribution in [0.25, 0.3) is 0 Å². The highest BCUT2D eigenvalue weighted by atomic mass is 32.2. The molecule has 1 aromatic carbocycles. The van der Waals surface area contributed by atoms with E-state index in [0.717, 1.165) is 6.07 Å². The molecule has 0 aromatic heterocycles. The average Bonchev–Trinajstić information content (AvgIpc) is 2.46. The van der Waals surface area contributed by atoms with E-state index in [2.05, 4.69) is 10.7 Å². The van der Waals surface area contributed by atoms with E-state index < -0.39 is 20.7 Å². The maximum absolute atomic E-state index is 11.8. The molecule has 1 rings (SSSR count). The first-order valence-corrected chi connectivity index (χ1v) is 7.86. The fraction of sp³-hybridized carbons (Fsp3) is 0.364. The van der Waals surface area contributed by atoms with Gasteiger partial charge >= 0.3 is 0 Å². The number of rotatable bonds is 7. The molecular formula is C11H16N4O5S. The molecule has 116 valence electrons. The predicted molar refractivity (Wildman–Crippen MR) is 77.6 cm³/mol. The standard InChI is InChI=1S/C11H16N4O5S/c1-2-21(19,20)6-5-13-11(16)8-3-4-9(14-12)10(7-8)15(17)18/h3-4,7,14H,2,5-6,12H2,1H3,(H,13,16). The van der Waals surface area contributed by atoms with Crippen LogP contribution in [0.3, 0.4) is 0 Å². The second-order valence-electron chi connectivity index (χ2n) is 4.13. The topological polar surface area (TPSA) is 144 Å². The van der Waals surface area contributed by atoms with E-state index in [4.69, 9.17) is 5.84 Å². The molecule has 9 nitrogen and oxygen atoms in total. The number of hydrogen-bond acceptors (Lipinski definition) is 7. The van der Waals surface area contributed by atoms with Crippen LogP contribution < -0.4 is 16.6 Å². The molecule has 10 heteroatoms. The van der Waals surface area contributed by atoms with Crippen LogP contribution in [0.2, 0.25) is 0 Å². The molecule has 4 N–H and O–H groups in total. The molecule has 0 fully saturated rings. The number of carbonyl (C=O) groups is 1. The lowest BCUT2D eigenvalue weighted by Gasteiger charge is -2.07. The fourth-order valence-corrected chi connectivity index (χ4v) is 2.21. The number of anilines is 1. The summed E-state index contributed by atoms with van der Waals surface area (Å²) in [6.07, 6.45) is 0. The Balaban J connectivity index is 2.79. The van der Waals surface area contributed by atoms with Crippen LogP contribution in [0.1, 0.15) is 17.3 Å². The Morgan fingerprint density at radius 1 is 1.43 bits per heavy atom. The number of amides is 1. The number of nitro benzene ring substituents is 1. The smallest absolute Gasteiger partial charge is 0.294 e. The van der Waals surface area contributed by atoms with Crippen LogP contribution in [-0.4, -0.2) is 37.3 Å². The maximum atomic E-state index is 11.8. The van der Waals surface area contributed by atoms with Crippen LogP contribution in [0.5, 0.6) is 0 Å². The number of nitrogens with two attached hydrogens (primary N) is 1. The van der Waals surface area contributed by atoms with Gasteiger partial charge in [-0.15, -0.1) is 0 Å². The van der Waals surface area contributed by atoms with Crippen LogP contribution in [0, 0.1) is 10.1 Å². The highest BCUT2D eigenvalue weighted by Crippen LogP contribution is 2.24. The molecule has 0 bridgehead atoms. The molecule has 21 heavy (non-hydrogen) atoms. The lowest BCUT2D eigenvalue weighted by molar-refractivity contribution is -0.384. The third-order valence-corrected chi connectivity index (χ3v) is 4.46. The largest absolute Gasteiger partial charge is 0.351 e. The first-order chi connectivity index (χ1) is 9.80. The molecule has 1 amide bonds. The van der Waals surface area contributed by atoms with Crippen molar-refractivity contribution in [3.63, 3.8) is 0 Å². The lowest BCUT2D eigenvalue weighted by Crippen LogP contribution is -2.29. The SMILES string of the molecule is CCS(=O)(=O)CCNC(=O)c1ccc(NN)c([N+](=O)[O-])c1. The Labute approximate surface area is 121 Å². The molecule has 1 aromatic rings. The van der Waals surface area contributed by atoms with Gasteiger partial charge in [-0.05, 0) is 12.1 Å². The van der Waals surface area contributed by atoms with E-state index in [1.54, 1.807) is 0 Å². The summed E-state index contributed by atoms with van der Waals surface area (Å²) in [4.78, 5) is 22.0. The number of carbonyl (C=O) groups excluding carboxylic acids is 1. The Bertz CT molecular complexity index is 644. The summed E-state index contributed by atoms with van der Waals surface area (Å²) < 4.78 is 22.6. The number of hydrogen-bond donors (Lipinski definition) is 3. The van der Waals surface area contributed by atoms with Gasteiger partial charge in [-0.1, -0.05) is 6.92 Å². The molecule has 0 aliphatic rings. The van der Waals surface area contributed by atoms with Crippen LogP contribution in [0.15, 0.2) is 18.2 Å². The van der Waals surface area contributed by atoms with E-state index in [9.17, 15) is 23.3 Å². The summed E-state index contributed by atoms with van der Waals surface area (Å²) in [7, 11) is -3.18. The van der Waals surface area contributed by atoms with Crippen molar-refractivity contribution in [1.29, 1.82) is 0 Å². The maximum Gasteiger partial charge on any atom is 0.294 e. The van der Waals surface area contributed by atoms with Gasteiger partial charge in [0.05, 0.1) is 10.7 Å². The van der Waals surface area contributed by atoms with Gasteiger partial charge in [0.1, 0.15) is 5.69 Å². The quantitative estimate of drug-likeness (QED) is 0.366. The summed E-state index contributed by atoms with van der Waals surface area (Å²) in [5, 5.41) is 13.2. The lowest BCUT2D eigenvalue weighted by atomic mass is 10.1. The van der Waals surface area contributed by atoms with Crippen molar-refractivity contribution >= 4 is 27.1 Å². The summed E-state index contributed by atoms with van der Waals surface area (Å²) in [5.74, 6) is 4.36. The molecule has 0 atom stereocenters. The Kier molecular flexibility index (Phi) is 5.61. The van der Waals surface area contributed by atoms with Crippen LogP contribution in [0.4, 0.5) is 11.4 Å². The third-order valence-electron chi connectivity index (χ3n) is 2.75. The van der Waals surface area contributed by atoms with Gasteiger partial charge in [0.15, 0.2) is 9.84 Å². The molecular weight excluding hydrogens is 300 g/mol. The second kappa shape index (κ2) is 6.99. The number of nitrogens with one attached hydrogen (secondary N) is 2. The van der Waals surface area contributed by atoms with E-state index in [0.29, 0.717) is 0 Å². The minimum Gasteiger partial charge on any atom is -0.351 e. The number of sulfone groups is 1. The van der Waals surface area contributed by atoms with Gasteiger partial charge in [-0.2, -0.15) is 0 Å². The summed E-state index contributed by atoms with van der Waals surface area (Å²) in [6, 6.07) is 3.72. The van der Waals surface area contributed by atoms with Crippen LogP contribution >= 0.6 is 0 Å². The van der Waals surface area contributed by atoms with Crippen molar-refractivity contribution < 1.29 is 18.1 Å². The Hall–Kier alpha value is -2.20. The molecule has 0 saturated carbocycles. The zero-order chi connectivity index (χ0) is 16.0. The molecule has 0 spiro atoms. The molecule has 0 aliphatic carbocycles. The molecule has 0 aliphatic heterocycles. The summed E-state index contributed by atoms with van der Waals surface area (Å²) in [5.41, 5.74) is 1.94. The van der Waals surface area contributed by atoms with Gasteiger partial charge in [-0.3, -0.25) is 20.8 Å². The third kappa shape index (κ3) is 4.68. The average molecular weight is 316 g/mol. The van der Waals surface area contributed by atoms with E-state index in [1.165, 1.54) is 19.1 Å². The summed E-state index contributed by atoms with van der Waals surface area (Å²) in [6.45, 7) is 1.46. The number of nitrogen functional groups attached to an aromatic ring is 1. The molecule has 0 saturated heterocycles. The molecule has 0 heterocycles. The number of nitro groups is 1. The van der Waals surface area contributed by atoms with Gasteiger partial charge in [0.2, 0.25) is 0 Å². The van der Waals surface area contributed by atoms with Gasteiger partial charge in [-0.25, -0.2) is 8.42 Å². The normalized spacial score (nSPS) is 11.0. The van der Waals surface area contributed by atoms with Crippen molar-refractivity contribution in [2.45, 2.75) is 6.92 Å². The van der Waals surface area contributed by atoms with E-state index >= 15 is 0 Å². The Morgan fingerprint density at radius 2 is 2.10 bits per heavy atom. The van der Waals surface area contributed by atoms with Crippen molar-refractivity contribution in [3.05, 3.63) is 33.9 Å².